The molecule has 8 aromatic carbocycles. The first-order valence-corrected chi connectivity index (χ1v) is 23.3. The summed E-state index contributed by atoms with van der Waals surface area (Å²) in [7, 11) is 0. The van der Waals surface area contributed by atoms with Crippen LogP contribution in [0.5, 0.6) is 0 Å². The topological polar surface area (TPSA) is 3.88 Å². The summed E-state index contributed by atoms with van der Waals surface area (Å²) >= 11 is 0. The first-order valence-electron chi connectivity index (χ1n) is 23.3. The second-order valence-corrected chi connectivity index (χ2v) is 18.8. The van der Waals surface area contributed by atoms with Crippen LogP contribution in [0, 0.1) is 0 Å². The van der Waals surface area contributed by atoms with Gasteiger partial charge in [-0.25, -0.2) is 4.57 Å². The van der Waals surface area contributed by atoms with E-state index in [0.717, 1.165) is 6.54 Å². The van der Waals surface area contributed by atoms with E-state index in [1.807, 2.05) is 0 Å². The van der Waals surface area contributed by atoms with E-state index >= 15 is 0 Å². The number of hydrogen-bond acceptors (Lipinski definition) is 0. The van der Waals surface area contributed by atoms with Crippen LogP contribution in [0.4, 0.5) is 105 Å². The Balaban J connectivity index is 0.000000288. The zero-order valence-electron chi connectivity index (χ0n) is 40.5. The predicted molar refractivity (Wildman–Crippen MR) is 255 cm³/mol. The van der Waals surface area contributed by atoms with E-state index in [-0.39, 0.29) is 0 Å². The highest BCUT2D eigenvalue weighted by molar-refractivity contribution is 7.20. The number of pyridine rings is 1. The molecule has 1 nitrogen and oxygen atoms in total. The van der Waals surface area contributed by atoms with Crippen LogP contribution >= 0.6 is 0 Å². The fourth-order valence-corrected chi connectivity index (χ4v) is 9.81. The van der Waals surface area contributed by atoms with E-state index in [1.54, 1.807) is 0 Å². The average molecular weight is 1180 g/mol. The summed E-state index contributed by atoms with van der Waals surface area (Å²) in [6, 6.07) is 21.6. The number of nitrogens with zero attached hydrogens (tertiary/aromatic N) is 1. The number of alkyl halides is 24. The second-order valence-electron chi connectivity index (χ2n) is 18.8. The molecule has 0 spiro atoms. The standard InChI is InChI=1S/C32H12BF24.C24H18N/c34-25(35,36)13-1-14(26(37,38)39)6-21(5-13)33(22-7-15(27(40,41)42)2-16(8-22)28(43,44)45,23-9-17(29(46,47)48)3-18(10-23)30(49,50)51)24-11-19(31(52,53)54)4-20(12-24)32(55,56)57;1-2-10-21-16-25(14-13-18(21)7-1)17-24-22-11-5-3-8-19(22)15-20-9-4-6-12-23(20)24/h1-12H;1-16H,17H2/q-1;+1. The van der Waals surface area contributed by atoms with Crippen LogP contribution in [-0.2, 0) is 56.0 Å². The summed E-state index contributed by atoms with van der Waals surface area (Å²) in [5, 5.41) is 7.83. The third-order valence-corrected chi connectivity index (χ3v) is 13.4. The van der Waals surface area contributed by atoms with Crippen molar-refractivity contribution in [1.82, 2.24) is 0 Å². The maximum atomic E-state index is 14.2. The number of benzene rings is 8. The second kappa shape index (κ2) is 20.8. The summed E-state index contributed by atoms with van der Waals surface area (Å²) in [5.41, 5.74) is -28.8. The van der Waals surface area contributed by atoms with E-state index < -0.39 is 195 Å². The summed E-state index contributed by atoms with van der Waals surface area (Å²) in [5.74, 6) is 0. The molecule has 0 unspecified atom stereocenters. The maximum Gasteiger partial charge on any atom is 0.416 e. The van der Waals surface area contributed by atoms with Gasteiger partial charge in [-0.3, -0.25) is 0 Å². The van der Waals surface area contributed by atoms with Gasteiger partial charge in [-0.15, -0.1) is 0 Å². The predicted octanol–water partition coefficient (Wildman–Crippen LogP) is 16.7. The Kier molecular flexibility index (Phi) is 15.3. The molecule has 0 saturated heterocycles. The van der Waals surface area contributed by atoms with Crippen LogP contribution in [0.25, 0.3) is 32.3 Å². The van der Waals surface area contributed by atoms with Gasteiger partial charge in [-0.2, -0.15) is 127 Å². The molecule has 0 atom stereocenters. The first-order chi connectivity index (χ1) is 37.6. The van der Waals surface area contributed by atoms with E-state index in [2.05, 4.69) is 102 Å². The van der Waals surface area contributed by atoms with Gasteiger partial charge in [-0.1, -0.05) is 115 Å². The minimum absolute atomic E-state index is 0.691. The number of aromatic nitrogens is 1. The molecule has 9 rings (SSSR count). The van der Waals surface area contributed by atoms with Crippen molar-refractivity contribution in [3.05, 3.63) is 220 Å². The molecule has 1 aromatic heterocycles. The van der Waals surface area contributed by atoms with Crippen LogP contribution < -0.4 is 26.4 Å². The van der Waals surface area contributed by atoms with Gasteiger partial charge < -0.3 is 0 Å². The highest BCUT2D eigenvalue weighted by atomic mass is 19.4. The normalized spacial score (nSPS) is 13.4. The number of fused-ring (bicyclic) bond motifs is 3. The SMILES string of the molecule is FC(F)(F)c1cc([B-](c2cc(C(F)(F)F)cc(C(F)(F)F)c2)(c2cc(C(F)(F)F)cc(C(F)(F)F)c2)c2cc(C(F)(F)F)cc(C(F)(F)F)c2)cc(C(F)(F)F)c1.c1ccc2c[n+](Cc3c4ccccc4cc4ccccc34)ccc2c1. The Morgan fingerprint density at radius 2 is 0.512 bits per heavy atom. The van der Waals surface area contributed by atoms with Gasteiger partial charge in [-0.05, 0) is 63.3 Å². The molecule has 0 saturated carbocycles. The molecule has 430 valence electrons. The molecule has 26 heteroatoms. The van der Waals surface area contributed by atoms with Crippen LogP contribution in [0.2, 0.25) is 0 Å². The van der Waals surface area contributed by atoms with Crippen LogP contribution in [-0.4, -0.2) is 6.15 Å². The molecule has 0 amide bonds. The van der Waals surface area contributed by atoms with Gasteiger partial charge in [0.15, 0.2) is 18.9 Å². The van der Waals surface area contributed by atoms with Crippen molar-refractivity contribution in [2.45, 2.75) is 56.0 Å². The lowest BCUT2D eigenvalue weighted by atomic mass is 9.12. The van der Waals surface area contributed by atoms with Crippen LogP contribution in [0.15, 0.2) is 170 Å². The highest BCUT2D eigenvalue weighted by Gasteiger charge is 2.47. The van der Waals surface area contributed by atoms with Gasteiger partial charge >= 0.3 is 49.4 Å². The van der Waals surface area contributed by atoms with E-state index in [4.69, 9.17) is 0 Å². The highest BCUT2D eigenvalue weighted by Crippen LogP contribution is 2.42. The lowest BCUT2D eigenvalue weighted by Crippen LogP contribution is -2.75. The molecule has 0 fully saturated rings. The quantitative estimate of drug-likeness (QED) is 0.0676. The third-order valence-electron chi connectivity index (χ3n) is 13.4. The Labute approximate surface area is 445 Å². The summed E-state index contributed by atoms with van der Waals surface area (Å²) in [6.07, 6.45) is -50.4. The van der Waals surface area contributed by atoms with Gasteiger partial charge in [0, 0.05) is 17.0 Å². The Morgan fingerprint density at radius 1 is 0.268 bits per heavy atom. The lowest BCUT2D eigenvalue weighted by molar-refractivity contribution is -0.686. The Hall–Kier alpha value is -7.93. The molecule has 1 heterocycles. The largest absolute Gasteiger partial charge is 0.416 e. The third kappa shape index (κ3) is 12.6. The maximum absolute atomic E-state index is 14.2. The minimum Gasteiger partial charge on any atom is -0.200 e. The number of hydrogen-bond donors (Lipinski definition) is 0. The van der Waals surface area contributed by atoms with Crippen molar-refractivity contribution >= 4 is 60.3 Å². The zero-order chi connectivity index (χ0) is 60.6. The zero-order valence-corrected chi connectivity index (χ0v) is 40.5. The van der Waals surface area contributed by atoms with Gasteiger partial charge in [0.25, 0.3) is 0 Å². The summed E-state index contributed by atoms with van der Waals surface area (Å²) < 4.78 is 343. The molecule has 0 N–H and O–H groups in total. The molecule has 82 heavy (non-hydrogen) atoms. The molecule has 9 aromatic rings. The number of halogens is 24. The molecule has 0 aliphatic heterocycles. The van der Waals surface area contributed by atoms with E-state index in [1.165, 1.54) is 37.9 Å². The average Bonchev–Trinajstić information content (AvgIpc) is 2.85. The van der Waals surface area contributed by atoms with Crippen molar-refractivity contribution in [2.75, 3.05) is 0 Å². The summed E-state index contributed by atoms with van der Waals surface area (Å²) in [6.45, 7) is 0.868. The molecule has 0 bridgehead atoms. The van der Waals surface area contributed by atoms with Crippen molar-refractivity contribution < 1.29 is 110 Å². The number of rotatable bonds is 6. The van der Waals surface area contributed by atoms with Crippen LogP contribution in [0.1, 0.15) is 50.1 Å². The van der Waals surface area contributed by atoms with Crippen molar-refractivity contribution in [3.8, 4) is 0 Å². The first kappa shape index (κ1) is 60.2. The van der Waals surface area contributed by atoms with E-state index in [0.29, 0.717) is 0 Å². The Morgan fingerprint density at radius 3 is 0.780 bits per heavy atom. The molecule has 0 radical (unpaired) electrons. The molecule has 0 aliphatic carbocycles. The molecule has 0 aliphatic rings. The lowest BCUT2D eigenvalue weighted by Gasteiger charge is -2.46. The van der Waals surface area contributed by atoms with Crippen molar-refractivity contribution in [2.24, 2.45) is 0 Å². The smallest absolute Gasteiger partial charge is 0.200 e. The van der Waals surface area contributed by atoms with E-state index in [9.17, 15) is 105 Å². The molecular weight excluding hydrogens is 1150 g/mol. The molecular formula is C56H30BF24N. The van der Waals surface area contributed by atoms with Crippen molar-refractivity contribution in [3.63, 3.8) is 0 Å². The van der Waals surface area contributed by atoms with Gasteiger partial charge in [0.2, 0.25) is 0 Å². The Bertz CT molecular complexity index is 3370. The monoisotopic (exact) mass is 1180 g/mol. The van der Waals surface area contributed by atoms with Crippen LogP contribution in [0.3, 0.4) is 0 Å². The fourth-order valence-electron chi connectivity index (χ4n) is 9.81. The van der Waals surface area contributed by atoms with Gasteiger partial charge in [0.1, 0.15) is 6.15 Å². The van der Waals surface area contributed by atoms with Crippen molar-refractivity contribution in [1.29, 1.82) is 0 Å². The summed E-state index contributed by atoms with van der Waals surface area (Å²) in [4.78, 5) is 0. The van der Waals surface area contributed by atoms with Gasteiger partial charge in [0.05, 0.1) is 44.5 Å². The minimum atomic E-state index is -6.13. The fraction of sp³-hybridized carbons (Fsp3) is 0.161.